The van der Waals surface area contributed by atoms with E-state index in [1.807, 2.05) is 30.3 Å². The number of benzene rings is 1. The Kier molecular flexibility index (Phi) is 4.16. The van der Waals surface area contributed by atoms with Gasteiger partial charge in [0.05, 0.1) is 10.9 Å². The number of aromatic nitrogens is 3. The Morgan fingerprint density at radius 1 is 1.15 bits per heavy atom. The fourth-order valence-corrected chi connectivity index (χ4v) is 3.42. The minimum atomic E-state index is 0.0316. The molecule has 104 valence electrons. The van der Waals surface area contributed by atoms with E-state index in [1.54, 1.807) is 11.0 Å². The molecule has 0 saturated heterocycles. The number of hydrogen-bond donors (Lipinski definition) is 0. The van der Waals surface area contributed by atoms with Gasteiger partial charge in [0.15, 0.2) is 0 Å². The van der Waals surface area contributed by atoms with Gasteiger partial charge < -0.3 is 0 Å². The average Bonchev–Trinajstić information content (AvgIpc) is 2.86. The van der Waals surface area contributed by atoms with Crippen LogP contribution in [0, 0.1) is 0 Å². The highest BCUT2D eigenvalue weighted by atomic mass is 32.2. The number of hydrogen-bond acceptors (Lipinski definition) is 4. The zero-order valence-electron chi connectivity index (χ0n) is 11.2. The predicted molar refractivity (Wildman–Crippen MR) is 79.1 cm³/mol. The Morgan fingerprint density at radius 3 is 2.85 bits per heavy atom. The Labute approximate surface area is 122 Å². The summed E-state index contributed by atoms with van der Waals surface area (Å²) in [7, 11) is 0. The van der Waals surface area contributed by atoms with E-state index < -0.39 is 0 Å². The van der Waals surface area contributed by atoms with Crippen molar-refractivity contribution in [3.8, 4) is 5.69 Å². The molecule has 1 aromatic heterocycles. The van der Waals surface area contributed by atoms with Crippen LogP contribution in [0.4, 0.5) is 0 Å². The van der Waals surface area contributed by atoms with Gasteiger partial charge in [-0.3, -0.25) is 4.79 Å². The van der Waals surface area contributed by atoms with Gasteiger partial charge in [-0.25, -0.2) is 9.67 Å². The zero-order valence-corrected chi connectivity index (χ0v) is 12.1. The third-order valence-electron chi connectivity index (χ3n) is 3.49. The van der Waals surface area contributed by atoms with Gasteiger partial charge in [-0.2, -0.15) is 0 Å². The number of thioether (sulfide) groups is 1. The first kappa shape index (κ1) is 13.4. The van der Waals surface area contributed by atoms with Crippen LogP contribution in [0.3, 0.4) is 0 Å². The monoisotopic (exact) mass is 287 g/mol. The number of carbonyl (C=O) groups excluding carboxylic acids is 1. The maximum atomic E-state index is 12.0. The molecule has 1 aliphatic rings. The molecule has 2 aromatic rings. The normalized spacial score (nSPS) is 19.8. The van der Waals surface area contributed by atoms with Crippen LogP contribution in [-0.4, -0.2) is 25.8 Å². The number of carbonyl (C=O) groups is 1. The first-order valence-corrected chi connectivity index (χ1v) is 7.87. The number of nitrogens with zero attached hydrogens (tertiary/aromatic N) is 3. The lowest BCUT2D eigenvalue weighted by Crippen LogP contribution is -2.15. The van der Waals surface area contributed by atoms with E-state index >= 15 is 0 Å². The Bertz CT molecular complexity index is 582. The number of ketones is 1. The van der Waals surface area contributed by atoms with Gasteiger partial charge in [0.2, 0.25) is 5.16 Å². The van der Waals surface area contributed by atoms with Gasteiger partial charge in [-0.05, 0) is 25.0 Å². The predicted octanol–water partition coefficient (Wildman–Crippen LogP) is 3.26. The van der Waals surface area contributed by atoms with Gasteiger partial charge in [0.25, 0.3) is 0 Å². The molecule has 0 N–H and O–H groups in total. The molecular formula is C15H17N3OS. The third kappa shape index (κ3) is 3.10. The molecule has 0 spiro atoms. The van der Waals surface area contributed by atoms with Crippen LogP contribution in [0.15, 0.2) is 41.8 Å². The molecule has 1 fully saturated rings. The summed E-state index contributed by atoms with van der Waals surface area (Å²) >= 11 is 1.51. The van der Waals surface area contributed by atoms with Crippen molar-refractivity contribution < 1.29 is 4.79 Å². The Morgan fingerprint density at radius 2 is 2.00 bits per heavy atom. The second kappa shape index (κ2) is 6.22. The molecule has 1 aromatic carbocycles. The Hall–Kier alpha value is -1.62. The molecule has 0 radical (unpaired) electrons. The fraction of sp³-hybridized carbons (Fsp3) is 0.400. The van der Waals surface area contributed by atoms with E-state index in [9.17, 15) is 4.79 Å². The highest BCUT2D eigenvalue weighted by molar-refractivity contribution is 8.00. The zero-order chi connectivity index (χ0) is 13.8. The van der Waals surface area contributed by atoms with Gasteiger partial charge in [-0.1, -0.05) is 42.8 Å². The van der Waals surface area contributed by atoms with Crippen LogP contribution in [0.5, 0.6) is 0 Å². The molecule has 3 rings (SSSR count). The second-order valence-electron chi connectivity index (χ2n) is 4.98. The molecule has 0 amide bonds. The summed E-state index contributed by atoms with van der Waals surface area (Å²) in [4.78, 5) is 16.3. The van der Waals surface area contributed by atoms with Crippen molar-refractivity contribution in [1.82, 2.24) is 14.8 Å². The van der Waals surface area contributed by atoms with E-state index in [1.165, 1.54) is 11.8 Å². The van der Waals surface area contributed by atoms with Crippen molar-refractivity contribution in [2.45, 2.75) is 42.5 Å². The summed E-state index contributed by atoms with van der Waals surface area (Å²) in [6.07, 6.45) is 6.68. The van der Waals surface area contributed by atoms with Crippen LogP contribution in [0.1, 0.15) is 32.1 Å². The van der Waals surface area contributed by atoms with E-state index in [0.717, 1.165) is 31.4 Å². The number of para-hydroxylation sites is 1. The van der Waals surface area contributed by atoms with Crippen LogP contribution in [-0.2, 0) is 4.79 Å². The third-order valence-corrected chi connectivity index (χ3v) is 4.67. The quantitative estimate of drug-likeness (QED) is 0.813. The van der Waals surface area contributed by atoms with E-state index in [2.05, 4.69) is 10.1 Å². The number of rotatable bonds is 3. The first-order valence-electron chi connectivity index (χ1n) is 6.99. The fourth-order valence-electron chi connectivity index (χ4n) is 2.39. The summed E-state index contributed by atoms with van der Waals surface area (Å²) < 4.78 is 1.75. The molecule has 4 nitrogen and oxygen atoms in total. The highest BCUT2D eigenvalue weighted by Gasteiger charge is 2.23. The summed E-state index contributed by atoms with van der Waals surface area (Å²) in [5, 5.41) is 5.18. The lowest BCUT2D eigenvalue weighted by Gasteiger charge is -2.09. The summed E-state index contributed by atoms with van der Waals surface area (Å²) in [5.74, 6) is 0.351. The minimum absolute atomic E-state index is 0.0316. The molecule has 1 atom stereocenters. The van der Waals surface area contributed by atoms with E-state index in [-0.39, 0.29) is 5.25 Å². The maximum absolute atomic E-state index is 12.0. The van der Waals surface area contributed by atoms with Crippen LogP contribution in [0.2, 0.25) is 0 Å². The second-order valence-corrected chi connectivity index (χ2v) is 6.15. The van der Waals surface area contributed by atoms with Crippen LogP contribution >= 0.6 is 11.8 Å². The van der Waals surface area contributed by atoms with E-state index in [0.29, 0.717) is 17.4 Å². The van der Waals surface area contributed by atoms with Crippen molar-refractivity contribution in [2.75, 3.05) is 0 Å². The molecule has 0 bridgehead atoms. The first-order chi connectivity index (χ1) is 9.83. The van der Waals surface area contributed by atoms with Crippen molar-refractivity contribution in [3.63, 3.8) is 0 Å². The smallest absolute Gasteiger partial charge is 0.209 e. The summed E-state index contributed by atoms with van der Waals surface area (Å²) in [6.45, 7) is 0. The standard InChI is InChI=1S/C15H17N3OS/c19-13-9-5-2-6-10-14(13)20-15-16-11-18(17-15)12-7-3-1-4-8-12/h1,3-4,7-8,11,14H,2,5-6,9-10H2. The topological polar surface area (TPSA) is 47.8 Å². The van der Waals surface area contributed by atoms with Crippen LogP contribution in [0.25, 0.3) is 5.69 Å². The molecule has 1 unspecified atom stereocenters. The molecule has 0 aliphatic heterocycles. The van der Waals surface area contributed by atoms with Crippen molar-refractivity contribution >= 4 is 17.5 Å². The maximum Gasteiger partial charge on any atom is 0.209 e. The highest BCUT2D eigenvalue weighted by Crippen LogP contribution is 2.29. The molecule has 20 heavy (non-hydrogen) atoms. The lowest BCUT2D eigenvalue weighted by atomic mass is 10.2. The van der Waals surface area contributed by atoms with Gasteiger partial charge in [0, 0.05) is 6.42 Å². The summed E-state index contributed by atoms with van der Waals surface area (Å²) in [5.41, 5.74) is 0.985. The van der Waals surface area contributed by atoms with Crippen molar-refractivity contribution in [3.05, 3.63) is 36.7 Å². The van der Waals surface area contributed by atoms with Crippen molar-refractivity contribution in [1.29, 1.82) is 0 Å². The molecule has 5 heteroatoms. The molecule has 1 aliphatic carbocycles. The summed E-state index contributed by atoms with van der Waals surface area (Å²) in [6, 6.07) is 9.89. The SMILES string of the molecule is O=C1CCCCCC1Sc1ncn(-c2ccccc2)n1. The Balaban J connectivity index is 1.72. The van der Waals surface area contributed by atoms with Gasteiger partial charge in [0.1, 0.15) is 12.1 Å². The molecule has 1 saturated carbocycles. The molecule has 1 heterocycles. The van der Waals surface area contributed by atoms with E-state index in [4.69, 9.17) is 0 Å². The average molecular weight is 287 g/mol. The minimum Gasteiger partial charge on any atom is -0.298 e. The lowest BCUT2D eigenvalue weighted by molar-refractivity contribution is -0.118. The van der Waals surface area contributed by atoms with Crippen LogP contribution < -0.4 is 0 Å². The molecular weight excluding hydrogens is 270 g/mol. The van der Waals surface area contributed by atoms with Gasteiger partial charge >= 0.3 is 0 Å². The largest absolute Gasteiger partial charge is 0.298 e. The van der Waals surface area contributed by atoms with Gasteiger partial charge in [-0.15, -0.1) is 5.10 Å². The number of Topliss-reactive ketones (excluding diaryl/α,β-unsaturated/α-hetero) is 1. The van der Waals surface area contributed by atoms with Crippen molar-refractivity contribution in [2.24, 2.45) is 0 Å².